The first-order valence-corrected chi connectivity index (χ1v) is 9.08. The van der Waals surface area contributed by atoms with Crippen molar-refractivity contribution in [3.8, 4) is 0 Å². The van der Waals surface area contributed by atoms with E-state index in [1.807, 2.05) is 54.4 Å². The van der Waals surface area contributed by atoms with Crippen molar-refractivity contribution in [2.24, 2.45) is 0 Å². The lowest BCUT2D eigenvalue weighted by Gasteiger charge is -2.32. The van der Waals surface area contributed by atoms with Crippen LogP contribution in [-0.2, 0) is 11.2 Å². The SMILES string of the molecule is CN(C(=O)Cc1ccc(N)cc1)[C@H](CN1CCC(O)C1)c1ccccc1. The van der Waals surface area contributed by atoms with Gasteiger partial charge in [-0.25, -0.2) is 0 Å². The minimum Gasteiger partial charge on any atom is -0.399 e. The predicted molar refractivity (Wildman–Crippen MR) is 104 cm³/mol. The Morgan fingerprint density at radius 2 is 1.92 bits per heavy atom. The minimum absolute atomic E-state index is 0.0391. The van der Waals surface area contributed by atoms with Crippen molar-refractivity contribution in [3.05, 3.63) is 65.7 Å². The monoisotopic (exact) mass is 353 g/mol. The molecule has 5 heteroatoms. The first-order valence-electron chi connectivity index (χ1n) is 9.08. The van der Waals surface area contributed by atoms with Gasteiger partial charge in [-0.05, 0) is 29.7 Å². The van der Waals surface area contributed by atoms with E-state index in [9.17, 15) is 9.90 Å². The summed E-state index contributed by atoms with van der Waals surface area (Å²) in [4.78, 5) is 16.9. The number of carbonyl (C=O) groups is 1. The van der Waals surface area contributed by atoms with Gasteiger partial charge in [-0.15, -0.1) is 0 Å². The Hall–Kier alpha value is -2.37. The molecule has 3 rings (SSSR count). The van der Waals surface area contributed by atoms with Gasteiger partial charge < -0.3 is 15.7 Å². The van der Waals surface area contributed by atoms with Crippen molar-refractivity contribution in [1.82, 2.24) is 9.80 Å². The van der Waals surface area contributed by atoms with Crippen LogP contribution in [0.4, 0.5) is 5.69 Å². The Labute approximate surface area is 155 Å². The van der Waals surface area contributed by atoms with Crippen LogP contribution in [0.5, 0.6) is 0 Å². The average molecular weight is 353 g/mol. The van der Waals surface area contributed by atoms with E-state index in [-0.39, 0.29) is 18.1 Å². The summed E-state index contributed by atoms with van der Waals surface area (Å²) in [6.45, 7) is 2.26. The van der Waals surface area contributed by atoms with E-state index in [2.05, 4.69) is 17.0 Å². The van der Waals surface area contributed by atoms with Gasteiger partial charge in [0.15, 0.2) is 0 Å². The van der Waals surface area contributed by atoms with Crippen LogP contribution in [0.25, 0.3) is 0 Å². The molecule has 5 nitrogen and oxygen atoms in total. The number of hydrogen-bond donors (Lipinski definition) is 2. The first-order chi connectivity index (χ1) is 12.5. The van der Waals surface area contributed by atoms with Crippen LogP contribution < -0.4 is 5.73 Å². The van der Waals surface area contributed by atoms with Gasteiger partial charge >= 0.3 is 0 Å². The van der Waals surface area contributed by atoms with Gasteiger partial charge in [0.1, 0.15) is 0 Å². The number of nitrogen functional groups attached to an aromatic ring is 1. The second kappa shape index (κ2) is 8.34. The quantitative estimate of drug-likeness (QED) is 0.780. The molecule has 1 amide bonds. The highest BCUT2D eigenvalue weighted by Gasteiger charge is 2.28. The number of nitrogens with zero attached hydrogens (tertiary/aromatic N) is 2. The second-order valence-electron chi connectivity index (χ2n) is 7.05. The number of likely N-dealkylation sites (tertiary alicyclic amines) is 1. The number of carbonyl (C=O) groups excluding carboxylic acids is 1. The average Bonchev–Trinajstić information content (AvgIpc) is 3.07. The van der Waals surface area contributed by atoms with Crippen LogP contribution >= 0.6 is 0 Å². The highest BCUT2D eigenvalue weighted by atomic mass is 16.3. The molecule has 1 saturated heterocycles. The smallest absolute Gasteiger partial charge is 0.227 e. The second-order valence-corrected chi connectivity index (χ2v) is 7.05. The third-order valence-electron chi connectivity index (χ3n) is 5.06. The summed E-state index contributed by atoms with van der Waals surface area (Å²) < 4.78 is 0. The topological polar surface area (TPSA) is 69.8 Å². The van der Waals surface area contributed by atoms with Gasteiger partial charge in [0.05, 0.1) is 18.6 Å². The van der Waals surface area contributed by atoms with E-state index < -0.39 is 0 Å². The maximum atomic E-state index is 12.9. The van der Waals surface area contributed by atoms with Gasteiger partial charge in [-0.1, -0.05) is 42.5 Å². The highest BCUT2D eigenvalue weighted by molar-refractivity contribution is 5.79. The molecule has 0 bridgehead atoms. The van der Waals surface area contributed by atoms with Crippen LogP contribution in [0.3, 0.4) is 0 Å². The molecule has 2 aromatic carbocycles. The highest BCUT2D eigenvalue weighted by Crippen LogP contribution is 2.24. The van der Waals surface area contributed by atoms with Crippen LogP contribution in [0.1, 0.15) is 23.6 Å². The van der Waals surface area contributed by atoms with Gasteiger partial charge in [0.2, 0.25) is 5.91 Å². The number of aliphatic hydroxyl groups excluding tert-OH is 1. The van der Waals surface area contributed by atoms with E-state index in [0.29, 0.717) is 18.7 Å². The van der Waals surface area contributed by atoms with E-state index in [4.69, 9.17) is 5.73 Å². The lowest BCUT2D eigenvalue weighted by atomic mass is 10.0. The molecule has 2 atom stereocenters. The maximum Gasteiger partial charge on any atom is 0.227 e. The number of benzene rings is 2. The number of aliphatic hydroxyl groups is 1. The molecule has 1 aliphatic rings. The van der Waals surface area contributed by atoms with Crippen molar-refractivity contribution in [3.63, 3.8) is 0 Å². The molecule has 1 heterocycles. The standard InChI is InChI=1S/C21H27N3O2/c1-23(21(26)13-16-7-9-18(22)10-8-16)20(17-5-3-2-4-6-17)15-24-12-11-19(25)14-24/h2-10,19-20,25H,11-15,22H2,1H3/t19?,20-/m1/s1. The van der Waals surface area contributed by atoms with Crippen molar-refractivity contribution < 1.29 is 9.90 Å². The number of hydrogen-bond acceptors (Lipinski definition) is 4. The molecule has 0 spiro atoms. The summed E-state index contributed by atoms with van der Waals surface area (Å²) in [6.07, 6.45) is 0.884. The number of amides is 1. The number of nitrogens with two attached hydrogens (primary N) is 1. The molecular weight excluding hydrogens is 326 g/mol. The molecular formula is C21H27N3O2. The summed E-state index contributed by atoms with van der Waals surface area (Å²) in [6, 6.07) is 17.5. The minimum atomic E-state index is -0.262. The summed E-state index contributed by atoms with van der Waals surface area (Å²) in [7, 11) is 1.86. The third kappa shape index (κ3) is 4.62. The molecule has 1 unspecified atom stereocenters. The van der Waals surface area contributed by atoms with E-state index in [1.54, 1.807) is 0 Å². The Balaban J connectivity index is 1.74. The van der Waals surface area contributed by atoms with Crippen molar-refractivity contribution in [2.45, 2.75) is 25.0 Å². The van der Waals surface area contributed by atoms with Gasteiger partial charge in [0, 0.05) is 32.4 Å². The van der Waals surface area contributed by atoms with E-state index in [0.717, 1.165) is 30.6 Å². The summed E-state index contributed by atoms with van der Waals surface area (Å²) in [5.74, 6) is 0.0726. The van der Waals surface area contributed by atoms with Gasteiger partial charge in [-0.3, -0.25) is 9.69 Å². The predicted octanol–water partition coefficient (Wildman–Crippen LogP) is 2.08. The zero-order chi connectivity index (χ0) is 18.5. The Kier molecular flexibility index (Phi) is 5.91. The Bertz CT molecular complexity index is 718. The number of likely N-dealkylation sites (N-methyl/N-ethyl adjacent to an activating group) is 1. The van der Waals surface area contributed by atoms with Crippen LogP contribution in [-0.4, -0.2) is 53.6 Å². The van der Waals surface area contributed by atoms with Crippen molar-refractivity contribution in [1.29, 1.82) is 0 Å². The van der Waals surface area contributed by atoms with Crippen molar-refractivity contribution in [2.75, 3.05) is 32.4 Å². The molecule has 0 saturated carbocycles. The van der Waals surface area contributed by atoms with E-state index >= 15 is 0 Å². The van der Waals surface area contributed by atoms with Gasteiger partial charge in [-0.2, -0.15) is 0 Å². The number of β-amino-alcohol motifs (C(OH)–C–C–N with tert-alkyl or cyclic N) is 1. The molecule has 1 fully saturated rings. The number of rotatable bonds is 6. The Morgan fingerprint density at radius 1 is 1.23 bits per heavy atom. The lowest BCUT2D eigenvalue weighted by molar-refractivity contribution is -0.131. The molecule has 0 aliphatic carbocycles. The third-order valence-corrected chi connectivity index (χ3v) is 5.06. The Morgan fingerprint density at radius 3 is 2.54 bits per heavy atom. The van der Waals surface area contributed by atoms with Crippen LogP contribution in [0.15, 0.2) is 54.6 Å². The summed E-state index contributed by atoms with van der Waals surface area (Å²) in [5, 5.41) is 9.82. The molecule has 0 aromatic heterocycles. The molecule has 0 radical (unpaired) electrons. The zero-order valence-electron chi connectivity index (χ0n) is 15.2. The fourth-order valence-corrected chi connectivity index (χ4v) is 3.46. The largest absolute Gasteiger partial charge is 0.399 e. The zero-order valence-corrected chi connectivity index (χ0v) is 15.2. The van der Waals surface area contributed by atoms with E-state index in [1.165, 1.54) is 0 Å². The first kappa shape index (κ1) is 18.4. The molecule has 1 aliphatic heterocycles. The van der Waals surface area contributed by atoms with Crippen LogP contribution in [0, 0.1) is 0 Å². The summed E-state index contributed by atoms with van der Waals surface area (Å²) in [5.41, 5.74) is 8.49. The molecule has 26 heavy (non-hydrogen) atoms. The fraction of sp³-hybridized carbons (Fsp3) is 0.381. The summed E-state index contributed by atoms with van der Waals surface area (Å²) >= 11 is 0. The van der Waals surface area contributed by atoms with Crippen molar-refractivity contribution >= 4 is 11.6 Å². The van der Waals surface area contributed by atoms with Crippen LogP contribution in [0.2, 0.25) is 0 Å². The van der Waals surface area contributed by atoms with Gasteiger partial charge in [0.25, 0.3) is 0 Å². The lowest BCUT2D eigenvalue weighted by Crippen LogP contribution is -2.39. The molecule has 2 aromatic rings. The fourth-order valence-electron chi connectivity index (χ4n) is 3.46. The number of anilines is 1. The molecule has 138 valence electrons. The maximum absolute atomic E-state index is 12.9. The normalized spacial score (nSPS) is 18.6. The molecule has 3 N–H and O–H groups in total.